The van der Waals surface area contributed by atoms with Crippen molar-refractivity contribution in [3.05, 3.63) is 81.9 Å². The van der Waals surface area contributed by atoms with Gasteiger partial charge in [0.25, 0.3) is 5.91 Å². The molecular formula is C24H20N2O5S. The van der Waals surface area contributed by atoms with Crippen LogP contribution in [-0.2, 0) is 14.3 Å². The monoisotopic (exact) mass is 448 g/mol. The molecule has 3 aromatic rings. The van der Waals surface area contributed by atoms with Gasteiger partial charge in [0, 0.05) is 5.56 Å². The number of esters is 1. The number of thiazole rings is 1. The number of methoxy groups -OCH3 is 1. The van der Waals surface area contributed by atoms with Gasteiger partial charge in [-0.2, -0.15) is 0 Å². The molecule has 2 atom stereocenters. The number of aryl methyl sites for hydroxylation is 2. The maximum Gasteiger partial charge on any atom is 0.350 e. The summed E-state index contributed by atoms with van der Waals surface area (Å²) in [6.45, 7) is 3.55. The van der Waals surface area contributed by atoms with Crippen molar-refractivity contribution in [1.82, 2.24) is 4.98 Å². The third-order valence-corrected chi connectivity index (χ3v) is 6.56. The molecule has 0 radical (unpaired) electrons. The summed E-state index contributed by atoms with van der Waals surface area (Å²) in [5.74, 6) is -3.85. The van der Waals surface area contributed by atoms with Crippen molar-refractivity contribution in [3.8, 4) is 0 Å². The van der Waals surface area contributed by atoms with Crippen LogP contribution in [-0.4, -0.2) is 35.5 Å². The van der Waals surface area contributed by atoms with Gasteiger partial charge in [-0.3, -0.25) is 19.3 Å². The van der Waals surface area contributed by atoms with Crippen LogP contribution in [0.2, 0.25) is 0 Å². The SMILES string of the molecule is COC(=O)c1sc(N2C(=O)C(=O)C(C(=O)c3ccccc3)C2c2ccc(C)cc2)nc1C. The second kappa shape index (κ2) is 8.47. The van der Waals surface area contributed by atoms with Crippen molar-refractivity contribution in [3.63, 3.8) is 0 Å². The predicted octanol–water partition coefficient (Wildman–Crippen LogP) is 3.70. The number of ether oxygens (including phenoxy) is 1. The minimum atomic E-state index is -1.22. The van der Waals surface area contributed by atoms with E-state index in [-0.39, 0.29) is 10.0 Å². The van der Waals surface area contributed by atoms with Gasteiger partial charge in [0.2, 0.25) is 5.78 Å². The highest BCUT2D eigenvalue weighted by Crippen LogP contribution is 2.43. The Hall–Kier alpha value is -3.65. The highest BCUT2D eigenvalue weighted by Gasteiger charge is 2.53. The number of nitrogens with zero attached hydrogens (tertiary/aromatic N) is 2. The molecule has 7 nitrogen and oxygen atoms in total. The molecule has 1 amide bonds. The number of hydrogen-bond donors (Lipinski definition) is 0. The summed E-state index contributed by atoms with van der Waals surface area (Å²) < 4.78 is 4.79. The minimum Gasteiger partial charge on any atom is -0.465 e. The second-order valence-corrected chi connectivity index (χ2v) is 8.48. The van der Waals surface area contributed by atoms with E-state index < -0.39 is 35.4 Å². The zero-order chi connectivity index (χ0) is 23.0. The number of amides is 1. The maximum atomic E-state index is 13.4. The van der Waals surface area contributed by atoms with E-state index in [2.05, 4.69) is 4.98 Å². The van der Waals surface area contributed by atoms with Crippen LogP contribution in [0.4, 0.5) is 5.13 Å². The molecule has 32 heavy (non-hydrogen) atoms. The van der Waals surface area contributed by atoms with Gasteiger partial charge in [-0.25, -0.2) is 9.78 Å². The third kappa shape index (κ3) is 3.62. The molecule has 1 aliphatic heterocycles. The van der Waals surface area contributed by atoms with E-state index in [0.717, 1.165) is 16.9 Å². The molecule has 0 saturated carbocycles. The fourth-order valence-electron chi connectivity index (χ4n) is 3.79. The predicted molar refractivity (Wildman–Crippen MR) is 119 cm³/mol. The van der Waals surface area contributed by atoms with E-state index in [9.17, 15) is 19.2 Å². The third-order valence-electron chi connectivity index (χ3n) is 5.43. The first kappa shape index (κ1) is 21.6. The largest absolute Gasteiger partial charge is 0.465 e. The Morgan fingerprint density at radius 3 is 2.28 bits per heavy atom. The molecule has 1 aromatic heterocycles. The smallest absolute Gasteiger partial charge is 0.350 e. The summed E-state index contributed by atoms with van der Waals surface area (Å²) in [5.41, 5.74) is 2.37. The summed E-state index contributed by atoms with van der Waals surface area (Å²) in [4.78, 5) is 57.5. The fraction of sp³-hybridized carbons (Fsp3) is 0.208. The van der Waals surface area contributed by atoms with Gasteiger partial charge in [-0.1, -0.05) is 71.5 Å². The number of anilines is 1. The summed E-state index contributed by atoms with van der Waals surface area (Å²) in [6, 6.07) is 14.9. The van der Waals surface area contributed by atoms with Crippen molar-refractivity contribution in [2.24, 2.45) is 5.92 Å². The molecule has 2 aromatic carbocycles. The number of carbonyl (C=O) groups is 4. The average Bonchev–Trinajstić information content (AvgIpc) is 3.31. The van der Waals surface area contributed by atoms with Crippen LogP contribution in [0, 0.1) is 19.8 Å². The summed E-state index contributed by atoms with van der Waals surface area (Å²) in [6.07, 6.45) is 0. The average molecular weight is 449 g/mol. The van der Waals surface area contributed by atoms with Gasteiger partial charge in [-0.15, -0.1) is 0 Å². The van der Waals surface area contributed by atoms with Gasteiger partial charge < -0.3 is 4.74 Å². The Kier molecular flexibility index (Phi) is 5.71. The quantitative estimate of drug-likeness (QED) is 0.256. The van der Waals surface area contributed by atoms with Crippen LogP contribution in [0.15, 0.2) is 54.6 Å². The highest BCUT2D eigenvalue weighted by molar-refractivity contribution is 7.17. The van der Waals surface area contributed by atoms with E-state index in [1.807, 2.05) is 19.1 Å². The first-order valence-corrected chi connectivity index (χ1v) is 10.7. The minimum absolute atomic E-state index is 0.176. The molecule has 1 aliphatic rings. The zero-order valence-electron chi connectivity index (χ0n) is 17.7. The molecule has 2 heterocycles. The van der Waals surface area contributed by atoms with E-state index in [0.29, 0.717) is 16.8 Å². The molecule has 1 fully saturated rings. The van der Waals surface area contributed by atoms with Gasteiger partial charge in [0.15, 0.2) is 10.9 Å². The number of rotatable bonds is 5. The molecule has 0 aliphatic carbocycles. The van der Waals surface area contributed by atoms with Crippen LogP contribution in [0.5, 0.6) is 0 Å². The Bertz CT molecular complexity index is 1220. The molecule has 0 spiro atoms. The Labute approximate surface area is 188 Å². The lowest BCUT2D eigenvalue weighted by molar-refractivity contribution is -0.135. The van der Waals surface area contributed by atoms with E-state index >= 15 is 0 Å². The van der Waals surface area contributed by atoms with E-state index in [4.69, 9.17) is 4.74 Å². The van der Waals surface area contributed by atoms with Crippen molar-refractivity contribution in [2.45, 2.75) is 19.9 Å². The number of Topliss-reactive ketones (excluding diaryl/α,β-unsaturated/α-hetero) is 2. The number of aromatic nitrogens is 1. The van der Waals surface area contributed by atoms with Crippen molar-refractivity contribution in [1.29, 1.82) is 0 Å². The highest BCUT2D eigenvalue weighted by atomic mass is 32.1. The van der Waals surface area contributed by atoms with Crippen LogP contribution in [0.1, 0.15) is 42.9 Å². The topological polar surface area (TPSA) is 93.6 Å². The molecular weight excluding hydrogens is 428 g/mol. The van der Waals surface area contributed by atoms with Crippen LogP contribution in [0.25, 0.3) is 0 Å². The zero-order valence-corrected chi connectivity index (χ0v) is 18.5. The lowest BCUT2D eigenvalue weighted by Gasteiger charge is -2.25. The van der Waals surface area contributed by atoms with E-state index in [1.165, 1.54) is 12.0 Å². The number of benzene rings is 2. The lowest BCUT2D eigenvalue weighted by atomic mass is 9.86. The molecule has 4 rings (SSSR count). The summed E-state index contributed by atoms with van der Waals surface area (Å²) in [5, 5.41) is 0.176. The van der Waals surface area contributed by atoms with E-state index in [1.54, 1.807) is 49.4 Å². The first-order valence-electron chi connectivity index (χ1n) is 9.92. The molecule has 0 N–H and O–H groups in total. The maximum absolute atomic E-state index is 13.4. The first-order chi connectivity index (χ1) is 15.3. The van der Waals surface area contributed by atoms with Gasteiger partial charge in [-0.05, 0) is 19.4 Å². The molecule has 8 heteroatoms. The van der Waals surface area contributed by atoms with Gasteiger partial charge in [0.05, 0.1) is 18.8 Å². The summed E-state index contributed by atoms with van der Waals surface area (Å²) in [7, 11) is 1.26. The second-order valence-electron chi connectivity index (χ2n) is 7.51. The van der Waals surface area contributed by atoms with Gasteiger partial charge >= 0.3 is 5.97 Å². The summed E-state index contributed by atoms with van der Waals surface area (Å²) >= 11 is 0.962. The van der Waals surface area contributed by atoms with Crippen LogP contribution >= 0.6 is 11.3 Å². The Morgan fingerprint density at radius 1 is 1.00 bits per heavy atom. The number of carbonyl (C=O) groups excluding carboxylic acids is 4. The van der Waals surface area contributed by atoms with Crippen molar-refractivity contribution >= 4 is 39.9 Å². The Morgan fingerprint density at radius 2 is 1.66 bits per heavy atom. The fourth-order valence-corrected chi connectivity index (χ4v) is 4.81. The number of hydrogen-bond acceptors (Lipinski definition) is 7. The van der Waals surface area contributed by atoms with Crippen LogP contribution < -0.4 is 4.90 Å². The van der Waals surface area contributed by atoms with Crippen LogP contribution in [0.3, 0.4) is 0 Å². The van der Waals surface area contributed by atoms with Gasteiger partial charge in [0.1, 0.15) is 10.8 Å². The molecule has 162 valence electrons. The lowest BCUT2D eigenvalue weighted by Crippen LogP contribution is -2.30. The standard InChI is InChI=1S/C24H20N2O5S/c1-13-9-11-15(12-10-13)18-17(19(27)16-7-5-4-6-8-16)20(28)22(29)26(18)24-25-14(2)21(32-24)23(30)31-3/h4-12,17-18H,1-3H3. The molecule has 1 saturated heterocycles. The molecule has 0 bridgehead atoms. The van der Waals surface area contributed by atoms with Crippen molar-refractivity contribution in [2.75, 3.05) is 12.0 Å². The molecule has 2 unspecified atom stereocenters. The normalized spacial score (nSPS) is 18.2. The Balaban J connectivity index is 1.86. The van der Waals surface area contributed by atoms with Crippen molar-refractivity contribution < 1.29 is 23.9 Å². The number of ketones is 2.